The van der Waals surface area contributed by atoms with Crippen LogP contribution in [0.15, 0.2) is 18.2 Å². The highest BCUT2D eigenvalue weighted by molar-refractivity contribution is 5.77. The van der Waals surface area contributed by atoms with Gasteiger partial charge in [0.15, 0.2) is 0 Å². The number of anilines is 1. The van der Waals surface area contributed by atoms with Gasteiger partial charge < -0.3 is 9.80 Å². The average Bonchev–Trinajstić information content (AvgIpc) is 2.54. The van der Waals surface area contributed by atoms with Crippen LogP contribution in [0.4, 0.5) is 11.4 Å². The zero-order chi connectivity index (χ0) is 17.0. The highest BCUT2D eigenvalue weighted by Crippen LogP contribution is 2.25. The predicted molar refractivity (Wildman–Crippen MR) is 85.2 cm³/mol. The smallest absolute Gasteiger partial charge is 0.270 e. The molecule has 0 aliphatic carbocycles. The van der Waals surface area contributed by atoms with Crippen molar-refractivity contribution in [3.63, 3.8) is 0 Å². The van der Waals surface area contributed by atoms with E-state index in [2.05, 4.69) is 4.90 Å². The van der Waals surface area contributed by atoms with Crippen LogP contribution in [0.3, 0.4) is 0 Å². The molecule has 1 fully saturated rings. The molecule has 1 amide bonds. The number of carbonyl (C=O) groups is 1. The van der Waals surface area contributed by atoms with Gasteiger partial charge in [0.25, 0.3) is 5.69 Å². The van der Waals surface area contributed by atoms with E-state index in [9.17, 15) is 20.2 Å². The minimum absolute atomic E-state index is 0.0616. The topological polar surface area (TPSA) is 93.7 Å². The van der Waals surface area contributed by atoms with Crippen molar-refractivity contribution in [1.82, 2.24) is 9.80 Å². The lowest BCUT2D eigenvalue weighted by molar-refractivity contribution is -0.384. The fourth-order valence-corrected chi connectivity index (χ4v) is 2.48. The standard InChI is InChI=1S/C15H19N5O3/c1-17(2)15(21)11-18-5-7-19(8-6-18)14-4-3-13(20(22)23)9-12(14)10-16/h3-4,9H,5-8,11H2,1-2H3. The van der Waals surface area contributed by atoms with Gasteiger partial charge in [-0.2, -0.15) is 5.26 Å². The van der Waals surface area contributed by atoms with Gasteiger partial charge in [-0.05, 0) is 6.07 Å². The minimum atomic E-state index is -0.505. The molecule has 2 rings (SSSR count). The van der Waals surface area contributed by atoms with Crippen LogP contribution in [0.1, 0.15) is 5.56 Å². The maximum Gasteiger partial charge on any atom is 0.270 e. The molecule has 1 aromatic rings. The molecular formula is C15H19N5O3. The van der Waals surface area contributed by atoms with Gasteiger partial charge >= 0.3 is 0 Å². The first kappa shape index (κ1) is 16.7. The average molecular weight is 317 g/mol. The van der Waals surface area contributed by atoms with Gasteiger partial charge in [-0.1, -0.05) is 0 Å². The number of amides is 1. The number of carbonyl (C=O) groups excluding carboxylic acids is 1. The van der Waals surface area contributed by atoms with Crippen molar-refractivity contribution in [2.24, 2.45) is 0 Å². The second kappa shape index (κ2) is 7.07. The van der Waals surface area contributed by atoms with Crippen LogP contribution in [0.5, 0.6) is 0 Å². The summed E-state index contributed by atoms with van der Waals surface area (Å²) in [6.07, 6.45) is 0. The number of nitro benzene ring substituents is 1. The summed E-state index contributed by atoms with van der Waals surface area (Å²) in [6.45, 7) is 3.15. The second-order valence-electron chi connectivity index (χ2n) is 5.62. The number of hydrogen-bond donors (Lipinski definition) is 0. The Morgan fingerprint density at radius 1 is 1.35 bits per heavy atom. The molecule has 1 aromatic carbocycles. The third kappa shape index (κ3) is 3.96. The molecule has 23 heavy (non-hydrogen) atoms. The third-order valence-electron chi connectivity index (χ3n) is 3.88. The van der Waals surface area contributed by atoms with E-state index in [1.807, 2.05) is 11.0 Å². The van der Waals surface area contributed by atoms with E-state index in [0.29, 0.717) is 44.0 Å². The van der Waals surface area contributed by atoms with Gasteiger partial charge in [-0.3, -0.25) is 19.8 Å². The number of likely N-dealkylation sites (N-methyl/N-ethyl adjacent to an activating group) is 1. The van der Waals surface area contributed by atoms with E-state index in [-0.39, 0.29) is 11.6 Å². The molecule has 0 unspecified atom stereocenters. The van der Waals surface area contributed by atoms with Crippen LogP contribution in [0, 0.1) is 21.4 Å². The first-order valence-corrected chi connectivity index (χ1v) is 7.28. The van der Waals surface area contributed by atoms with Gasteiger partial charge in [0, 0.05) is 52.4 Å². The zero-order valence-electron chi connectivity index (χ0n) is 13.2. The maximum absolute atomic E-state index is 11.7. The predicted octanol–water partition coefficient (Wildman–Crippen LogP) is 0.677. The summed E-state index contributed by atoms with van der Waals surface area (Å²) in [7, 11) is 3.46. The summed E-state index contributed by atoms with van der Waals surface area (Å²) in [5.74, 6) is 0.0616. The molecule has 1 aliphatic rings. The van der Waals surface area contributed by atoms with Gasteiger partial charge in [0.2, 0.25) is 5.91 Å². The second-order valence-corrected chi connectivity index (χ2v) is 5.62. The Morgan fingerprint density at radius 2 is 2.00 bits per heavy atom. The van der Waals surface area contributed by atoms with Crippen LogP contribution in [-0.4, -0.2) is 67.4 Å². The molecule has 0 saturated carbocycles. The largest absolute Gasteiger partial charge is 0.368 e. The lowest BCUT2D eigenvalue weighted by Gasteiger charge is -2.36. The lowest BCUT2D eigenvalue weighted by Crippen LogP contribution is -2.49. The molecule has 0 atom stereocenters. The summed E-state index contributed by atoms with van der Waals surface area (Å²) in [6, 6.07) is 6.37. The Balaban J connectivity index is 2.04. The molecule has 0 spiro atoms. The van der Waals surface area contributed by atoms with Crippen LogP contribution < -0.4 is 4.90 Å². The Kier molecular flexibility index (Phi) is 5.13. The lowest BCUT2D eigenvalue weighted by atomic mass is 10.1. The number of piperazine rings is 1. The first-order chi connectivity index (χ1) is 10.9. The number of hydrogen-bond acceptors (Lipinski definition) is 6. The van der Waals surface area contributed by atoms with Crippen LogP contribution in [-0.2, 0) is 4.79 Å². The van der Waals surface area contributed by atoms with Gasteiger partial charge in [-0.15, -0.1) is 0 Å². The third-order valence-corrected chi connectivity index (χ3v) is 3.88. The molecule has 122 valence electrons. The normalized spacial score (nSPS) is 15.1. The number of nitrogens with zero attached hydrogens (tertiary/aromatic N) is 5. The van der Waals surface area contributed by atoms with E-state index in [0.717, 1.165) is 0 Å². The first-order valence-electron chi connectivity index (χ1n) is 7.28. The van der Waals surface area contributed by atoms with Crippen molar-refractivity contribution >= 4 is 17.3 Å². The Hall–Kier alpha value is -2.66. The zero-order valence-corrected chi connectivity index (χ0v) is 13.2. The number of nitro groups is 1. The van der Waals surface area contributed by atoms with Crippen LogP contribution in [0.25, 0.3) is 0 Å². The van der Waals surface area contributed by atoms with E-state index in [1.165, 1.54) is 12.1 Å². The summed E-state index contributed by atoms with van der Waals surface area (Å²) in [5.41, 5.74) is 0.925. The summed E-state index contributed by atoms with van der Waals surface area (Å²) in [4.78, 5) is 27.7. The fraction of sp³-hybridized carbons (Fsp3) is 0.467. The van der Waals surface area contributed by atoms with Gasteiger partial charge in [0.05, 0.1) is 22.7 Å². The SMILES string of the molecule is CN(C)C(=O)CN1CCN(c2ccc([N+](=O)[O-])cc2C#N)CC1. The van der Waals surface area contributed by atoms with Crippen molar-refractivity contribution in [3.05, 3.63) is 33.9 Å². The van der Waals surface area contributed by atoms with Crippen molar-refractivity contribution in [3.8, 4) is 6.07 Å². The Morgan fingerprint density at radius 3 is 2.52 bits per heavy atom. The van der Waals surface area contributed by atoms with Crippen molar-refractivity contribution in [2.75, 3.05) is 51.7 Å². The molecule has 8 nitrogen and oxygen atoms in total. The van der Waals surface area contributed by atoms with E-state index >= 15 is 0 Å². The Bertz CT molecular complexity index is 645. The minimum Gasteiger partial charge on any atom is -0.368 e. The van der Waals surface area contributed by atoms with Crippen molar-refractivity contribution in [2.45, 2.75) is 0 Å². The van der Waals surface area contributed by atoms with Gasteiger partial charge in [-0.25, -0.2) is 0 Å². The molecule has 1 heterocycles. The highest BCUT2D eigenvalue weighted by atomic mass is 16.6. The molecule has 0 bridgehead atoms. The quantitative estimate of drug-likeness (QED) is 0.599. The summed E-state index contributed by atoms with van der Waals surface area (Å²) in [5, 5.41) is 20.0. The maximum atomic E-state index is 11.7. The molecule has 0 aromatic heterocycles. The highest BCUT2D eigenvalue weighted by Gasteiger charge is 2.22. The number of nitriles is 1. The number of non-ortho nitro benzene ring substituents is 1. The van der Waals surface area contributed by atoms with Crippen LogP contribution in [0.2, 0.25) is 0 Å². The number of rotatable bonds is 4. The molecular weight excluding hydrogens is 298 g/mol. The Labute approximate surface area is 134 Å². The monoisotopic (exact) mass is 317 g/mol. The molecule has 8 heteroatoms. The van der Waals surface area contributed by atoms with Crippen LogP contribution >= 0.6 is 0 Å². The van der Waals surface area contributed by atoms with E-state index in [1.54, 1.807) is 25.1 Å². The molecule has 0 N–H and O–H groups in total. The van der Waals surface area contributed by atoms with Crippen molar-refractivity contribution < 1.29 is 9.72 Å². The van der Waals surface area contributed by atoms with Crippen molar-refractivity contribution in [1.29, 1.82) is 5.26 Å². The summed E-state index contributed by atoms with van der Waals surface area (Å²) >= 11 is 0. The van der Waals surface area contributed by atoms with E-state index in [4.69, 9.17) is 0 Å². The molecule has 1 saturated heterocycles. The molecule has 1 aliphatic heterocycles. The van der Waals surface area contributed by atoms with E-state index < -0.39 is 4.92 Å². The summed E-state index contributed by atoms with van der Waals surface area (Å²) < 4.78 is 0. The fourth-order valence-electron chi connectivity index (χ4n) is 2.48. The van der Waals surface area contributed by atoms with Gasteiger partial charge in [0.1, 0.15) is 6.07 Å². The number of benzene rings is 1. The molecule has 0 radical (unpaired) electrons.